The molecule has 0 amide bonds. The van der Waals surface area contributed by atoms with E-state index in [1.807, 2.05) is 43.3 Å². The van der Waals surface area contributed by atoms with Crippen LogP contribution in [0.3, 0.4) is 0 Å². The smallest absolute Gasteiger partial charge is 0.324 e. The predicted octanol–water partition coefficient (Wildman–Crippen LogP) is 4.31. The number of hydrogen-bond donors (Lipinski definition) is 3. The van der Waals surface area contributed by atoms with Gasteiger partial charge in [-0.05, 0) is 42.9 Å². The molecule has 2 atom stereocenters. The van der Waals surface area contributed by atoms with Gasteiger partial charge in [0.25, 0.3) is 0 Å². The van der Waals surface area contributed by atoms with Gasteiger partial charge in [0.15, 0.2) is 6.35 Å². The Kier molecular flexibility index (Phi) is 9.74. The zero-order valence-corrected chi connectivity index (χ0v) is 23.7. The molecule has 39 heavy (non-hydrogen) atoms. The van der Waals surface area contributed by atoms with Gasteiger partial charge in [0.05, 0.1) is 38.6 Å². The number of hydrogen-bond acceptors (Lipinski definition) is 8. The molecule has 2 aromatic carbocycles. The lowest BCUT2D eigenvalue weighted by molar-refractivity contribution is -0.167. The van der Waals surface area contributed by atoms with Crippen LogP contribution in [0.5, 0.6) is 11.5 Å². The fourth-order valence-electron chi connectivity index (χ4n) is 5.28. The van der Waals surface area contributed by atoms with Crippen LogP contribution in [-0.2, 0) is 20.9 Å². The summed E-state index contributed by atoms with van der Waals surface area (Å²) in [4.78, 5) is 13.9. The van der Waals surface area contributed by atoms with Gasteiger partial charge in [-0.25, -0.2) is 0 Å². The Balaban J connectivity index is 1.59. The summed E-state index contributed by atoms with van der Waals surface area (Å²) in [6, 6.07) is 11.3. The molecule has 0 aliphatic heterocycles. The SMILES string of the molecule is COc1cc([C@@H](C)N(CCOCc2ccccc2)C(O)N[C@]2(C(=O)O)C[C@@H](OC)C2)c(Cl)c(OC)c1C1CC1. The van der Waals surface area contributed by atoms with Gasteiger partial charge in [-0.1, -0.05) is 41.9 Å². The molecule has 9 nitrogen and oxygen atoms in total. The van der Waals surface area contributed by atoms with E-state index >= 15 is 0 Å². The molecule has 0 spiro atoms. The van der Waals surface area contributed by atoms with Crippen LogP contribution in [0.1, 0.15) is 61.3 Å². The first kappa shape index (κ1) is 29.6. The quantitative estimate of drug-likeness (QED) is 0.216. The van der Waals surface area contributed by atoms with Crippen molar-refractivity contribution in [3.8, 4) is 11.5 Å². The molecule has 0 aromatic heterocycles. The Morgan fingerprint density at radius 3 is 2.44 bits per heavy atom. The number of rotatable bonds is 15. The largest absolute Gasteiger partial charge is 0.496 e. The van der Waals surface area contributed by atoms with Gasteiger partial charge in [0.2, 0.25) is 0 Å². The number of ether oxygens (including phenoxy) is 4. The first-order valence-electron chi connectivity index (χ1n) is 13.3. The molecular weight excluding hydrogens is 524 g/mol. The summed E-state index contributed by atoms with van der Waals surface area (Å²) in [7, 11) is 4.76. The molecule has 2 saturated carbocycles. The van der Waals surface area contributed by atoms with E-state index in [9.17, 15) is 15.0 Å². The molecule has 2 aromatic rings. The first-order chi connectivity index (χ1) is 18.7. The van der Waals surface area contributed by atoms with E-state index in [1.54, 1.807) is 26.2 Å². The monoisotopic (exact) mass is 562 g/mol. The maximum Gasteiger partial charge on any atom is 0.324 e. The Morgan fingerprint density at radius 1 is 1.18 bits per heavy atom. The number of nitrogens with one attached hydrogen (secondary N) is 1. The highest BCUT2D eigenvalue weighted by Gasteiger charge is 2.52. The number of aliphatic carboxylic acids is 1. The number of methoxy groups -OCH3 is 3. The third-order valence-corrected chi connectivity index (χ3v) is 8.22. The van der Waals surface area contributed by atoms with Crippen molar-refractivity contribution >= 4 is 17.6 Å². The number of carbonyl (C=O) groups is 1. The van der Waals surface area contributed by atoms with Crippen LogP contribution in [0.15, 0.2) is 36.4 Å². The van der Waals surface area contributed by atoms with E-state index in [2.05, 4.69) is 5.32 Å². The van der Waals surface area contributed by atoms with Gasteiger partial charge >= 0.3 is 5.97 Å². The van der Waals surface area contributed by atoms with Crippen LogP contribution in [0.2, 0.25) is 5.02 Å². The average molecular weight is 563 g/mol. The van der Waals surface area contributed by atoms with Gasteiger partial charge < -0.3 is 29.2 Å². The van der Waals surface area contributed by atoms with Crippen LogP contribution < -0.4 is 14.8 Å². The summed E-state index contributed by atoms with van der Waals surface area (Å²) >= 11 is 6.91. The predicted molar refractivity (Wildman–Crippen MR) is 147 cm³/mol. The number of aliphatic hydroxyl groups excluding tert-OH is 1. The standard InChI is InChI=1S/C29H39ClN2O7/c1-18(22-14-23(37-3)24(20-10-11-20)26(38-4)25(22)30)32(12-13-39-17-19-8-6-5-7-9-19)28(35)31-29(27(33)34)15-21(16-29)36-2/h5-9,14,18,20-21,28,31,35H,10-13,15-17H2,1-4H3,(H,33,34)/t18-,21-,28?,29-/m1/s1. The van der Waals surface area contributed by atoms with Gasteiger partial charge in [-0.15, -0.1) is 0 Å². The molecule has 0 heterocycles. The molecule has 2 fully saturated rings. The summed E-state index contributed by atoms with van der Waals surface area (Å²) < 4.78 is 22.7. The fourth-order valence-corrected chi connectivity index (χ4v) is 5.68. The molecule has 0 radical (unpaired) electrons. The summed E-state index contributed by atoms with van der Waals surface area (Å²) in [6.45, 7) is 2.92. The Morgan fingerprint density at radius 2 is 1.87 bits per heavy atom. The molecule has 1 unspecified atom stereocenters. The third-order valence-electron chi connectivity index (χ3n) is 7.83. The summed E-state index contributed by atoms with van der Waals surface area (Å²) in [5.74, 6) is 0.575. The van der Waals surface area contributed by atoms with Crippen molar-refractivity contribution in [3.05, 3.63) is 58.1 Å². The highest BCUT2D eigenvalue weighted by molar-refractivity contribution is 6.33. The van der Waals surface area contributed by atoms with Crippen molar-refractivity contribution in [1.29, 1.82) is 0 Å². The maximum absolute atomic E-state index is 12.2. The van der Waals surface area contributed by atoms with Crippen molar-refractivity contribution in [3.63, 3.8) is 0 Å². The van der Waals surface area contributed by atoms with Crippen molar-refractivity contribution in [2.75, 3.05) is 34.5 Å². The molecule has 0 saturated heterocycles. The molecular formula is C29H39ClN2O7. The topological polar surface area (TPSA) is 110 Å². The van der Waals surface area contributed by atoms with E-state index in [4.69, 9.17) is 30.5 Å². The lowest BCUT2D eigenvalue weighted by Gasteiger charge is -2.47. The number of halogens is 1. The summed E-state index contributed by atoms with van der Waals surface area (Å²) in [5, 5.41) is 24.8. The number of nitrogens with zero attached hydrogens (tertiary/aromatic N) is 1. The van der Waals surface area contributed by atoms with E-state index in [0.717, 1.165) is 24.0 Å². The zero-order chi connectivity index (χ0) is 28.2. The highest BCUT2D eigenvalue weighted by Crippen LogP contribution is 2.53. The second-order valence-electron chi connectivity index (χ2n) is 10.3. The molecule has 4 rings (SSSR count). The molecule has 2 aliphatic rings. The molecule has 3 N–H and O–H groups in total. The second kappa shape index (κ2) is 12.8. The van der Waals surface area contributed by atoms with Gasteiger partial charge in [-0.3, -0.25) is 15.0 Å². The van der Waals surface area contributed by atoms with E-state index in [-0.39, 0.29) is 18.9 Å². The van der Waals surface area contributed by atoms with E-state index in [1.165, 1.54) is 0 Å². The summed E-state index contributed by atoms with van der Waals surface area (Å²) in [5.41, 5.74) is 1.40. The van der Waals surface area contributed by atoms with Crippen molar-refractivity contribution in [2.24, 2.45) is 0 Å². The highest BCUT2D eigenvalue weighted by atomic mass is 35.5. The first-order valence-corrected chi connectivity index (χ1v) is 13.7. The van der Waals surface area contributed by atoms with Crippen molar-refractivity contribution in [2.45, 2.75) is 69.2 Å². The minimum absolute atomic E-state index is 0.182. The number of benzene rings is 2. The normalized spacial score (nSPS) is 22.3. The Hall–Kier alpha value is -2.40. The lowest BCUT2D eigenvalue weighted by atomic mass is 9.74. The molecule has 214 valence electrons. The lowest BCUT2D eigenvalue weighted by Crippen LogP contribution is -2.68. The Bertz CT molecular complexity index is 1120. The Labute approximate surface area is 234 Å². The maximum atomic E-state index is 12.2. The van der Waals surface area contributed by atoms with E-state index < -0.39 is 23.9 Å². The van der Waals surface area contributed by atoms with Crippen molar-refractivity contribution in [1.82, 2.24) is 10.2 Å². The molecule has 0 bridgehead atoms. The number of carboxylic acid groups (broad SMARTS) is 1. The van der Waals surface area contributed by atoms with Crippen LogP contribution >= 0.6 is 11.6 Å². The van der Waals surface area contributed by atoms with Gasteiger partial charge in [0, 0.05) is 38.1 Å². The summed E-state index contributed by atoms with van der Waals surface area (Å²) in [6.07, 6.45) is 1.11. The third kappa shape index (κ3) is 6.51. The molecule has 2 aliphatic carbocycles. The van der Waals surface area contributed by atoms with Crippen molar-refractivity contribution < 1.29 is 34.0 Å². The van der Waals surface area contributed by atoms with Gasteiger partial charge in [-0.2, -0.15) is 0 Å². The molecule has 10 heteroatoms. The van der Waals surface area contributed by atoms with E-state index in [0.29, 0.717) is 47.8 Å². The minimum atomic E-state index is -1.30. The second-order valence-corrected chi connectivity index (χ2v) is 10.7. The fraction of sp³-hybridized carbons (Fsp3) is 0.552. The van der Waals surface area contributed by atoms with Crippen LogP contribution in [-0.4, -0.2) is 73.6 Å². The number of aliphatic hydroxyl groups is 1. The minimum Gasteiger partial charge on any atom is -0.496 e. The number of carboxylic acids is 1. The zero-order valence-electron chi connectivity index (χ0n) is 23.0. The van der Waals surface area contributed by atoms with Gasteiger partial charge in [0.1, 0.15) is 17.0 Å². The van der Waals surface area contributed by atoms with Crippen LogP contribution in [0.25, 0.3) is 0 Å². The van der Waals surface area contributed by atoms with Crippen LogP contribution in [0, 0.1) is 0 Å². The average Bonchev–Trinajstić information content (AvgIpc) is 3.75. The van der Waals surface area contributed by atoms with Crippen LogP contribution in [0.4, 0.5) is 0 Å².